The lowest BCUT2D eigenvalue weighted by molar-refractivity contribution is 0.251. The first-order chi connectivity index (χ1) is 7.65. The molecule has 0 unspecified atom stereocenters. The number of hydrogen-bond acceptors (Lipinski definition) is 2. The minimum Gasteiger partial charge on any atom is -0.197 e. The lowest BCUT2D eigenvalue weighted by Crippen LogP contribution is -2.40. The van der Waals surface area contributed by atoms with Crippen LogP contribution in [0.4, 0.5) is 0 Å². The van der Waals surface area contributed by atoms with E-state index in [9.17, 15) is 5.26 Å². The van der Waals surface area contributed by atoms with Crippen molar-refractivity contribution in [3.8, 4) is 6.07 Å². The first-order valence-electron chi connectivity index (χ1n) is 5.51. The molecule has 1 spiro atoms. The Labute approximate surface area is 108 Å². The van der Waals surface area contributed by atoms with Crippen LogP contribution < -0.4 is 0 Å². The highest BCUT2D eigenvalue weighted by molar-refractivity contribution is 9.10. The Morgan fingerprint density at radius 3 is 2.31 bits per heavy atom. The summed E-state index contributed by atoms with van der Waals surface area (Å²) >= 11 is 5.17. The van der Waals surface area contributed by atoms with Crippen molar-refractivity contribution < 1.29 is 0 Å². The number of halogens is 1. The largest absolute Gasteiger partial charge is 0.197 e. The van der Waals surface area contributed by atoms with E-state index in [1.54, 1.807) is 11.8 Å². The van der Waals surface area contributed by atoms with E-state index in [4.69, 9.17) is 0 Å². The lowest BCUT2D eigenvalue weighted by atomic mass is 9.72. The van der Waals surface area contributed by atoms with Gasteiger partial charge in [-0.15, -0.1) is 11.8 Å². The molecule has 0 amide bonds. The lowest BCUT2D eigenvalue weighted by Gasteiger charge is -2.42. The summed E-state index contributed by atoms with van der Waals surface area (Å²) in [5, 5.41) is 9.33. The highest BCUT2D eigenvalue weighted by Crippen LogP contribution is 2.69. The first kappa shape index (κ1) is 10.7. The monoisotopic (exact) mass is 293 g/mol. The third kappa shape index (κ3) is 1.78. The van der Waals surface area contributed by atoms with Crippen molar-refractivity contribution in [2.75, 3.05) is 0 Å². The van der Waals surface area contributed by atoms with E-state index >= 15 is 0 Å². The van der Waals surface area contributed by atoms with Gasteiger partial charge in [0.2, 0.25) is 0 Å². The molecule has 1 aromatic rings. The van der Waals surface area contributed by atoms with Gasteiger partial charge in [0, 0.05) is 9.37 Å². The minimum absolute atomic E-state index is 0.135. The van der Waals surface area contributed by atoms with Crippen LogP contribution in [-0.4, -0.2) is 4.75 Å². The summed E-state index contributed by atoms with van der Waals surface area (Å²) in [6.07, 6.45) is 4.88. The number of nitrogens with zero attached hydrogens (tertiary/aromatic N) is 1. The molecule has 2 aliphatic rings. The average molecular weight is 294 g/mol. The Hall–Kier alpha value is -0.460. The second-order valence-corrected chi connectivity index (χ2v) is 7.39. The van der Waals surface area contributed by atoms with E-state index < -0.39 is 0 Å². The fraction of sp³-hybridized carbons (Fsp3) is 0.462. The van der Waals surface area contributed by atoms with Crippen molar-refractivity contribution >= 4 is 27.7 Å². The van der Waals surface area contributed by atoms with E-state index in [1.807, 2.05) is 12.1 Å². The summed E-state index contributed by atoms with van der Waals surface area (Å²) in [5.74, 6) is 0. The van der Waals surface area contributed by atoms with Crippen molar-refractivity contribution in [2.45, 2.75) is 35.3 Å². The normalized spacial score (nSPS) is 23.5. The quantitative estimate of drug-likeness (QED) is 0.808. The molecule has 0 saturated heterocycles. The fourth-order valence-corrected chi connectivity index (χ4v) is 4.38. The molecule has 0 bridgehead atoms. The highest BCUT2D eigenvalue weighted by atomic mass is 79.9. The Kier molecular flexibility index (Phi) is 2.35. The van der Waals surface area contributed by atoms with Gasteiger partial charge < -0.3 is 0 Å². The summed E-state index contributed by atoms with van der Waals surface area (Å²) in [5.41, 5.74) is 0.581. The van der Waals surface area contributed by atoms with Crippen molar-refractivity contribution in [1.29, 1.82) is 5.26 Å². The van der Waals surface area contributed by atoms with E-state index in [0.717, 1.165) is 17.3 Å². The topological polar surface area (TPSA) is 23.8 Å². The van der Waals surface area contributed by atoms with Crippen LogP contribution in [0.1, 0.15) is 25.7 Å². The maximum Gasteiger partial charge on any atom is 0.108 e. The van der Waals surface area contributed by atoms with E-state index in [1.165, 1.54) is 17.7 Å². The van der Waals surface area contributed by atoms with Crippen molar-refractivity contribution in [3.05, 3.63) is 28.7 Å². The third-order valence-corrected chi connectivity index (χ3v) is 5.42. The van der Waals surface area contributed by atoms with Crippen LogP contribution in [0.2, 0.25) is 0 Å². The maximum atomic E-state index is 9.33. The molecule has 3 rings (SSSR count). The molecule has 2 aliphatic carbocycles. The van der Waals surface area contributed by atoms with Gasteiger partial charge in [0.1, 0.15) is 4.75 Å². The number of thioether (sulfide) groups is 1. The van der Waals surface area contributed by atoms with Gasteiger partial charge in [0.25, 0.3) is 0 Å². The number of rotatable bonds is 2. The molecule has 0 N–H and O–H groups in total. The van der Waals surface area contributed by atoms with Crippen molar-refractivity contribution in [2.24, 2.45) is 5.41 Å². The average Bonchev–Trinajstić information content (AvgIpc) is 3.00. The van der Waals surface area contributed by atoms with Crippen LogP contribution in [0, 0.1) is 16.7 Å². The molecule has 1 nitrogen and oxygen atoms in total. The van der Waals surface area contributed by atoms with Gasteiger partial charge in [0.05, 0.1) is 6.07 Å². The Morgan fingerprint density at radius 2 is 1.81 bits per heavy atom. The molecular weight excluding hydrogens is 282 g/mol. The first-order valence-corrected chi connectivity index (χ1v) is 7.12. The minimum atomic E-state index is -0.135. The zero-order valence-corrected chi connectivity index (χ0v) is 11.3. The summed E-state index contributed by atoms with van der Waals surface area (Å²) < 4.78 is 0.958. The van der Waals surface area contributed by atoms with Crippen LogP contribution in [0.15, 0.2) is 33.6 Å². The SMILES string of the molecule is N#CC1(Sc2ccc(Br)cc2)CC2(CC2)C1. The van der Waals surface area contributed by atoms with Crippen LogP contribution in [0.25, 0.3) is 0 Å². The predicted molar refractivity (Wildman–Crippen MR) is 69.2 cm³/mol. The summed E-state index contributed by atoms with van der Waals surface area (Å²) in [4.78, 5) is 1.21. The molecule has 3 heteroatoms. The van der Waals surface area contributed by atoms with Gasteiger partial charge in [-0.3, -0.25) is 0 Å². The summed E-state index contributed by atoms with van der Waals surface area (Å²) in [7, 11) is 0. The van der Waals surface area contributed by atoms with Gasteiger partial charge in [-0.25, -0.2) is 0 Å². The van der Waals surface area contributed by atoms with Crippen LogP contribution in [0.3, 0.4) is 0 Å². The third-order valence-electron chi connectivity index (χ3n) is 3.61. The fourth-order valence-electron chi connectivity index (χ4n) is 2.59. The highest BCUT2D eigenvalue weighted by Gasteiger charge is 2.61. The van der Waals surface area contributed by atoms with Gasteiger partial charge in [-0.2, -0.15) is 5.26 Å². The van der Waals surface area contributed by atoms with E-state index in [0.29, 0.717) is 5.41 Å². The zero-order valence-electron chi connectivity index (χ0n) is 8.87. The smallest absolute Gasteiger partial charge is 0.108 e. The second kappa shape index (κ2) is 3.51. The second-order valence-electron chi connectivity index (χ2n) is 5.02. The van der Waals surface area contributed by atoms with Crippen LogP contribution in [-0.2, 0) is 0 Å². The van der Waals surface area contributed by atoms with E-state index in [2.05, 4.69) is 34.1 Å². The molecule has 0 heterocycles. The molecule has 16 heavy (non-hydrogen) atoms. The number of hydrogen-bond donors (Lipinski definition) is 0. The maximum absolute atomic E-state index is 9.33. The molecule has 0 atom stereocenters. The van der Waals surface area contributed by atoms with Crippen LogP contribution >= 0.6 is 27.7 Å². The number of benzene rings is 1. The van der Waals surface area contributed by atoms with E-state index in [-0.39, 0.29) is 4.75 Å². The zero-order chi connectivity index (χ0) is 11.2. The van der Waals surface area contributed by atoms with Gasteiger partial charge >= 0.3 is 0 Å². The Bertz CT molecular complexity index is 448. The van der Waals surface area contributed by atoms with Crippen molar-refractivity contribution in [1.82, 2.24) is 0 Å². The van der Waals surface area contributed by atoms with Gasteiger partial charge in [-0.05, 0) is 55.4 Å². The molecule has 0 aromatic heterocycles. The van der Waals surface area contributed by atoms with Crippen LogP contribution in [0.5, 0.6) is 0 Å². The van der Waals surface area contributed by atoms with Crippen molar-refractivity contribution in [3.63, 3.8) is 0 Å². The Balaban J connectivity index is 1.74. The number of nitriles is 1. The van der Waals surface area contributed by atoms with Gasteiger partial charge in [0.15, 0.2) is 0 Å². The molecule has 82 valence electrons. The summed E-state index contributed by atoms with van der Waals surface area (Å²) in [6, 6.07) is 10.8. The molecule has 2 fully saturated rings. The predicted octanol–water partition coefficient (Wildman–Crippen LogP) is 4.38. The molecule has 1 aromatic carbocycles. The molecule has 0 aliphatic heterocycles. The molecule has 0 radical (unpaired) electrons. The van der Waals surface area contributed by atoms with Gasteiger partial charge in [-0.1, -0.05) is 15.9 Å². The summed E-state index contributed by atoms with van der Waals surface area (Å²) in [6.45, 7) is 0. The molecule has 2 saturated carbocycles. The standard InChI is InChI=1S/C13H12BrNS/c14-10-1-3-11(4-2-10)16-13(9-15)7-12(8-13)5-6-12/h1-4H,5-8H2. The Morgan fingerprint density at radius 1 is 1.19 bits per heavy atom. The molecular formula is C13H12BrNS.